The van der Waals surface area contributed by atoms with Crippen molar-refractivity contribution in [3.05, 3.63) is 32.2 Å². The Morgan fingerprint density at radius 2 is 1.31 bits per heavy atom. The monoisotopic (exact) mass is 304 g/mol. The third-order valence-electron chi connectivity index (χ3n) is 2.17. The Balaban J connectivity index is 0.000000396. The van der Waals surface area contributed by atoms with Crippen LogP contribution in [0.15, 0.2) is 21.1 Å². The summed E-state index contributed by atoms with van der Waals surface area (Å²) in [5.74, 6) is 0. The lowest BCUT2D eigenvalue weighted by Crippen LogP contribution is -1.84. The Morgan fingerprint density at radius 3 is 1.69 bits per heavy atom. The van der Waals surface area contributed by atoms with Crippen molar-refractivity contribution in [2.24, 2.45) is 0 Å². The second-order valence-corrected chi connectivity index (χ2v) is 4.55. The molecule has 1 aliphatic carbocycles. The molecule has 0 bridgehead atoms. The molecule has 2 heteroatoms. The maximum atomic E-state index is 3.56. The third-order valence-corrected chi connectivity index (χ3v) is 3.66. The van der Waals surface area contributed by atoms with E-state index < -0.39 is 0 Å². The van der Waals surface area contributed by atoms with Crippen molar-refractivity contribution in [1.29, 1.82) is 0 Å². The maximum absolute atomic E-state index is 3.56. The zero-order chi connectivity index (χ0) is 9.84. The molecule has 0 N–H and O–H groups in total. The molecule has 0 radical (unpaired) electrons. The quantitative estimate of drug-likeness (QED) is 0.650. The number of hydrogen-bond donors (Lipinski definition) is 0. The molecule has 0 atom stereocenters. The number of rotatable bonds is 0. The van der Waals surface area contributed by atoms with E-state index in [-0.39, 0.29) is 0 Å². The van der Waals surface area contributed by atoms with E-state index in [1.165, 1.54) is 39.3 Å². The van der Waals surface area contributed by atoms with Crippen LogP contribution in [0.5, 0.6) is 0 Å². The second-order valence-electron chi connectivity index (χ2n) is 2.84. The summed E-state index contributed by atoms with van der Waals surface area (Å²) >= 11 is 7.12. The standard InChI is InChI=1S/C9H8Br2.C2H6/c10-8-4-5-9(11)7-3-1-2-6(7)8;1-2/h4-5H,1-3H2;1-2H3. The normalized spacial score (nSPS) is 13.2. The van der Waals surface area contributed by atoms with E-state index in [4.69, 9.17) is 0 Å². The first kappa shape index (κ1) is 11.3. The molecule has 0 nitrogen and oxygen atoms in total. The average Bonchev–Trinajstić information content (AvgIpc) is 2.64. The molecule has 0 heterocycles. The number of benzene rings is 1. The van der Waals surface area contributed by atoms with Crippen LogP contribution in [0.1, 0.15) is 31.4 Å². The average molecular weight is 306 g/mol. The summed E-state index contributed by atoms with van der Waals surface area (Å²) in [5, 5.41) is 0. The minimum absolute atomic E-state index is 1.23. The summed E-state index contributed by atoms with van der Waals surface area (Å²) in [6.07, 6.45) is 3.77. The van der Waals surface area contributed by atoms with Crippen molar-refractivity contribution in [2.75, 3.05) is 0 Å². The van der Waals surface area contributed by atoms with Gasteiger partial charge in [-0.15, -0.1) is 0 Å². The van der Waals surface area contributed by atoms with E-state index in [0.717, 1.165) is 0 Å². The van der Waals surface area contributed by atoms with Gasteiger partial charge in [0, 0.05) is 8.95 Å². The van der Waals surface area contributed by atoms with Crippen LogP contribution in [0.2, 0.25) is 0 Å². The van der Waals surface area contributed by atoms with E-state index in [1.807, 2.05) is 13.8 Å². The fourth-order valence-corrected chi connectivity index (χ4v) is 2.76. The molecule has 0 unspecified atom stereocenters. The van der Waals surface area contributed by atoms with Gasteiger partial charge in [-0.1, -0.05) is 45.7 Å². The van der Waals surface area contributed by atoms with Gasteiger partial charge in [-0.3, -0.25) is 0 Å². The molecule has 0 saturated heterocycles. The molecule has 13 heavy (non-hydrogen) atoms. The highest BCUT2D eigenvalue weighted by Gasteiger charge is 2.15. The van der Waals surface area contributed by atoms with Crippen LogP contribution in [-0.4, -0.2) is 0 Å². The fraction of sp³-hybridized carbons (Fsp3) is 0.455. The van der Waals surface area contributed by atoms with E-state index in [2.05, 4.69) is 44.0 Å². The van der Waals surface area contributed by atoms with Gasteiger partial charge in [-0.05, 0) is 42.5 Å². The summed E-state index contributed by atoms with van der Waals surface area (Å²) in [6.45, 7) is 4.00. The van der Waals surface area contributed by atoms with Crippen LogP contribution in [0, 0.1) is 0 Å². The second kappa shape index (κ2) is 5.16. The Morgan fingerprint density at radius 1 is 0.923 bits per heavy atom. The van der Waals surface area contributed by atoms with Gasteiger partial charge in [0.25, 0.3) is 0 Å². The van der Waals surface area contributed by atoms with Gasteiger partial charge in [-0.25, -0.2) is 0 Å². The van der Waals surface area contributed by atoms with E-state index in [9.17, 15) is 0 Å². The first-order chi connectivity index (χ1) is 6.29. The molecule has 0 spiro atoms. The third kappa shape index (κ3) is 2.35. The largest absolute Gasteiger partial charge is 0.0683 e. The molecule has 0 aliphatic heterocycles. The number of hydrogen-bond acceptors (Lipinski definition) is 0. The van der Waals surface area contributed by atoms with Crippen LogP contribution in [0.25, 0.3) is 0 Å². The zero-order valence-corrected chi connectivity index (χ0v) is 11.2. The zero-order valence-electron chi connectivity index (χ0n) is 8.03. The van der Waals surface area contributed by atoms with Gasteiger partial charge in [-0.2, -0.15) is 0 Å². The summed E-state index contributed by atoms with van der Waals surface area (Å²) in [5.41, 5.74) is 3.00. The number of halogens is 2. The summed E-state index contributed by atoms with van der Waals surface area (Å²) < 4.78 is 2.54. The molecule has 0 aromatic heterocycles. The van der Waals surface area contributed by atoms with Crippen LogP contribution in [0.4, 0.5) is 0 Å². The molecular weight excluding hydrogens is 292 g/mol. The highest BCUT2D eigenvalue weighted by molar-refractivity contribution is 9.11. The van der Waals surface area contributed by atoms with Crippen molar-refractivity contribution in [2.45, 2.75) is 33.1 Å². The molecule has 72 valence electrons. The lowest BCUT2D eigenvalue weighted by molar-refractivity contribution is 0.909. The van der Waals surface area contributed by atoms with E-state index in [0.29, 0.717) is 0 Å². The SMILES string of the molecule is Brc1ccc(Br)c2c1CCC2.CC. The molecule has 0 saturated carbocycles. The molecule has 1 aromatic rings. The fourth-order valence-electron chi connectivity index (χ4n) is 1.62. The topological polar surface area (TPSA) is 0 Å². The molecule has 0 fully saturated rings. The predicted molar refractivity (Wildman–Crippen MR) is 65.2 cm³/mol. The van der Waals surface area contributed by atoms with Gasteiger partial charge < -0.3 is 0 Å². The maximum Gasteiger partial charge on any atom is 0.0210 e. The van der Waals surface area contributed by atoms with Crippen molar-refractivity contribution in [1.82, 2.24) is 0 Å². The first-order valence-corrected chi connectivity index (χ1v) is 6.33. The molecule has 1 aliphatic rings. The summed E-state index contributed by atoms with van der Waals surface area (Å²) in [4.78, 5) is 0. The van der Waals surface area contributed by atoms with Gasteiger partial charge in [0.1, 0.15) is 0 Å². The Bertz CT molecular complexity index is 263. The molecule has 1 aromatic carbocycles. The van der Waals surface area contributed by atoms with Crippen molar-refractivity contribution < 1.29 is 0 Å². The van der Waals surface area contributed by atoms with Gasteiger partial charge in [0.2, 0.25) is 0 Å². The first-order valence-electron chi connectivity index (χ1n) is 4.75. The summed E-state index contributed by atoms with van der Waals surface area (Å²) in [7, 11) is 0. The molecule has 0 amide bonds. The van der Waals surface area contributed by atoms with Gasteiger partial charge >= 0.3 is 0 Å². The van der Waals surface area contributed by atoms with Crippen LogP contribution in [0.3, 0.4) is 0 Å². The van der Waals surface area contributed by atoms with Crippen molar-refractivity contribution >= 4 is 31.9 Å². The predicted octanol–water partition coefficient (Wildman–Crippen LogP) is 4.73. The Kier molecular flexibility index (Phi) is 4.47. The van der Waals surface area contributed by atoms with Crippen molar-refractivity contribution in [3.63, 3.8) is 0 Å². The minimum atomic E-state index is 1.23. The lowest BCUT2D eigenvalue weighted by Gasteiger charge is -2.03. The molecule has 2 rings (SSSR count). The highest BCUT2D eigenvalue weighted by atomic mass is 79.9. The van der Waals surface area contributed by atoms with Gasteiger partial charge in [0.15, 0.2) is 0 Å². The minimum Gasteiger partial charge on any atom is -0.0683 e. The Hall–Kier alpha value is 0.180. The van der Waals surface area contributed by atoms with E-state index >= 15 is 0 Å². The summed E-state index contributed by atoms with van der Waals surface area (Å²) in [6, 6.07) is 4.24. The van der Waals surface area contributed by atoms with Gasteiger partial charge in [0.05, 0.1) is 0 Å². The van der Waals surface area contributed by atoms with Crippen LogP contribution >= 0.6 is 31.9 Å². The smallest absolute Gasteiger partial charge is 0.0210 e. The lowest BCUT2D eigenvalue weighted by atomic mass is 10.1. The van der Waals surface area contributed by atoms with E-state index in [1.54, 1.807) is 0 Å². The number of fused-ring (bicyclic) bond motifs is 1. The van der Waals surface area contributed by atoms with Crippen LogP contribution < -0.4 is 0 Å². The van der Waals surface area contributed by atoms with Crippen LogP contribution in [-0.2, 0) is 12.8 Å². The Labute approximate surface area is 97.0 Å². The highest BCUT2D eigenvalue weighted by Crippen LogP contribution is 2.34. The van der Waals surface area contributed by atoms with Crippen molar-refractivity contribution in [3.8, 4) is 0 Å². The molecular formula is C11H14Br2.